The van der Waals surface area contributed by atoms with Gasteiger partial charge in [-0.3, -0.25) is 9.48 Å². The van der Waals surface area contributed by atoms with Gasteiger partial charge in [0, 0.05) is 26.2 Å². The number of carbonyl (C=O) groups excluding carboxylic acids is 1. The van der Waals surface area contributed by atoms with Crippen molar-refractivity contribution in [3.8, 4) is 0 Å². The second kappa shape index (κ2) is 7.83. The van der Waals surface area contributed by atoms with Crippen LogP contribution in [0.3, 0.4) is 0 Å². The van der Waals surface area contributed by atoms with Crippen molar-refractivity contribution in [2.24, 2.45) is 0 Å². The van der Waals surface area contributed by atoms with Gasteiger partial charge in [0.05, 0.1) is 11.6 Å². The Morgan fingerprint density at radius 1 is 1.04 bits per heavy atom. The molecule has 0 radical (unpaired) electrons. The zero-order chi connectivity index (χ0) is 18.0. The molecule has 7 heteroatoms. The van der Waals surface area contributed by atoms with Crippen LogP contribution in [0.1, 0.15) is 21.7 Å². The summed E-state index contributed by atoms with van der Waals surface area (Å²) in [6.07, 6.45) is 0. The maximum atomic E-state index is 12.5. The fourth-order valence-electron chi connectivity index (χ4n) is 2.28. The number of carbonyl (C=O) groups is 1. The molecule has 0 bridgehead atoms. The van der Waals surface area contributed by atoms with Crippen molar-refractivity contribution in [3.05, 3.63) is 80.6 Å². The summed E-state index contributed by atoms with van der Waals surface area (Å²) in [6.45, 7) is 2.28. The molecule has 128 valence electrons. The highest BCUT2D eigenvalue weighted by Crippen LogP contribution is 2.30. The van der Waals surface area contributed by atoms with Gasteiger partial charge >= 0.3 is 0 Å². The lowest BCUT2D eigenvalue weighted by Crippen LogP contribution is -2.06. The van der Waals surface area contributed by atoms with Crippen LogP contribution in [-0.4, -0.2) is 14.9 Å². The van der Waals surface area contributed by atoms with Crippen molar-refractivity contribution in [3.63, 3.8) is 0 Å². The number of hydrogen-bond donors (Lipinski definition) is 0. The Balaban J connectivity index is 1.83. The van der Waals surface area contributed by atoms with E-state index in [2.05, 4.69) is 5.10 Å². The Labute approximate surface area is 164 Å². The number of benzene rings is 2. The van der Waals surface area contributed by atoms with Crippen LogP contribution < -0.4 is 0 Å². The van der Waals surface area contributed by atoms with Crippen molar-refractivity contribution in [2.75, 3.05) is 0 Å². The quantitative estimate of drug-likeness (QED) is 0.484. The third-order valence-electron chi connectivity index (χ3n) is 3.60. The molecule has 0 aliphatic rings. The molecule has 0 aliphatic carbocycles. The van der Waals surface area contributed by atoms with E-state index in [0.29, 0.717) is 32.2 Å². The summed E-state index contributed by atoms with van der Waals surface area (Å²) < 4.78 is 1.72. The second-order valence-electron chi connectivity index (χ2n) is 5.35. The molecule has 0 saturated carbocycles. The first-order chi connectivity index (χ1) is 12.0. The molecule has 3 rings (SSSR count). The van der Waals surface area contributed by atoms with Gasteiger partial charge < -0.3 is 0 Å². The summed E-state index contributed by atoms with van der Waals surface area (Å²) in [5, 5.41) is 5.91. The first-order valence-electron chi connectivity index (χ1n) is 7.40. The number of hydrogen-bond acceptors (Lipinski definition) is 3. The predicted octanol–water partition coefficient (Wildman–Crippen LogP) is 6.13. The molecule has 0 fully saturated rings. The Bertz CT molecular complexity index is 920. The van der Waals surface area contributed by atoms with Crippen molar-refractivity contribution in [1.29, 1.82) is 0 Å². The van der Waals surface area contributed by atoms with Gasteiger partial charge in [0.2, 0.25) is 5.12 Å². The van der Waals surface area contributed by atoms with E-state index >= 15 is 0 Å². The number of rotatable bonds is 4. The summed E-state index contributed by atoms with van der Waals surface area (Å²) in [4.78, 5) is 13.2. The summed E-state index contributed by atoms with van der Waals surface area (Å²) in [5.74, 6) is 0. The molecule has 0 amide bonds. The molecule has 0 spiro atoms. The molecule has 1 aromatic heterocycles. The third kappa shape index (κ3) is 4.21. The number of nitrogens with zero attached hydrogens (tertiary/aromatic N) is 2. The summed E-state index contributed by atoms with van der Waals surface area (Å²) >= 11 is 19.6. The Kier molecular flexibility index (Phi) is 5.74. The molecule has 0 saturated heterocycles. The van der Waals surface area contributed by atoms with E-state index < -0.39 is 0 Å². The Morgan fingerprint density at radius 2 is 1.68 bits per heavy atom. The van der Waals surface area contributed by atoms with E-state index in [4.69, 9.17) is 34.8 Å². The van der Waals surface area contributed by atoms with Crippen LogP contribution in [-0.2, 0) is 6.54 Å². The van der Waals surface area contributed by atoms with Crippen LogP contribution >= 0.6 is 46.6 Å². The summed E-state index contributed by atoms with van der Waals surface area (Å²) in [5.41, 5.74) is 1.99. The standard InChI is InChI=1S/C18H13Cl3N2OS/c1-11-9-16(18(24)25-17-8-3-2-5-15(17)21)22-23(11)10-12-13(19)6-4-7-14(12)20/h2-9H,10H2,1H3. The van der Waals surface area contributed by atoms with Crippen LogP contribution in [0.5, 0.6) is 0 Å². The van der Waals surface area contributed by atoms with Crippen molar-refractivity contribution in [2.45, 2.75) is 18.4 Å². The van der Waals surface area contributed by atoms with E-state index in [9.17, 15) is 4.79 Å². The molecule has 0 aliphatic heterocycles. The van der Waals surface area contributed by atoms with E-state index in [1.54, 1.807) is 41.1 Å². The zero-order valence-corrected chi connectivity index (χ0v) is 16.3. The highest BCUT2D eigenvalue weighted by Gasteiger charge is 2.16. The van der Waals surface area contributed by atoms with E-state index in [1.807, 2.05) is 19.1 Å². The predicted molar refractivity (Wildman–Crippen MR) is 104 cm³/mol. The first kappa shape index (κ1) is 18.3. The SMILES string of the molecule is Cc1cc(C(=O)Sc2ccccc2Cl)nn1Cc1c(Cl)cccc1Cl. The molecule has 0 atom stereocenters. The molecule has 25 heavy (non-hydrogen) atoms. The van der Waals surface area contributed by atoms with Gasteiger partial charge in [-0.2, -0.15) is 5.10 Å². The average Bonchev–Trinajstić information content (AvgIpc) is 2.94. The summed E-state index contributed by atoms with van der Waals surface area (Å²) in [7, 11) is 0. The van der Waals surface area contributed by atoms with Gasteiger partial charge in [-0.15, -0.1) is 0 Å². The van der Waals surface area contributed by atoms with Crippen LogP contribution in [0, 0.1) is 6.92 Å². The second-order valence-corrected chi connectivity index (χ2v) is 7.59. The third-order valence-corrected chi connectivity index (χ3v) is 5.72. The molecule has 1 heterocycles. The lowest BCUT2D eigenvalue weighted by molar-refractivity contribution is 0.108. The van der Waals surface area contributed by atoms with Gasteiger partial charge in [-0.05, 0) is 49.0 Å². The number of halogens is 3. The number of aryl methyl sites for hydroxylation is 1. The van der Waals surface area contributed by atoms with Crippen LogP contribution in [0.25, 0.3) is 0 Å². The van der Waals surface area contributed by atoms with E-state index in [0.717, 1.165) is 23.0 Å². The molecule has 0 unspecified atom stereocenters. The monoisotopic (exact) mass is 410 g/mol. The highest BCUT2D eigenvalue weighted by atomic mass is 35.5. The van der Waals surface area contributed by atoms with Gasteiger partial charge in [0.25, 0.3) is 0 Å². The fourth-order valence-corrected chi connectivity index (χ4v) is 3.77. The first-order valence-corrected chi connectivity index (χ1v) is 9.35. The minimum atomic E-state index is -0.166. The average molecular weight is 412 g/mol. The minimum absolute atomic E-state index is 0.166. The molecular weight excluding hydrogens is 399 g/mol. The van der Waals surface area contributed by atoms with Gasteiger partial charge in [0.15, 0.2) is 0 Å². The molecule has 2 aromatic carbocycles. The van der Waals surface area contributed by atoms with Gasteiger partial charge in [0.1, 0.15) is 5.69 Å². The van der Waals surface area contributed by atoms with E-state index in [-0.39, 0.29) is 5.12 Å². The Hall–Kier alpha value is -1.46. The lowest BCUT2D eigenvalue weighted by Gasteiger charge is -2.08. The maximum absolute atomic E-state index is 12.5. The molecule has 0 N–H and O–H groups in total. The van der Waals surface area contributed by atoms with Crippen molar-refractivity contribution >= 4 is 51.7 Å². The molecular formula is C18H13Cl3N2OS. The summed E-state index contributed by atoms with van der Waals surface area (Å²) in [6, 6.07) is 14.3. The smallest absolute Gasteiger partial charge is 0.244 e. The molecule has 3 aromatic rings. The van der Waals surface area contributed by atoms with Crippen molar-refractivity contribution < 1.29 is 4.79 Å². The molecule has 3 nitrogen and oxygen atoms in total. The van der Waals surface area contributed by atoms with E-state index in [1.165, 1.54) is 0 Å². The van der Waals surface area contributed by atoms with Gasteiger partial charge in [-0.25, -0.2) is 0 Å². The topological polar surface area (TPSA) is 34.9 Å². The normalized spacial score (nSPS) is 10.9. The number of thioether (sulfide) groups is 1. The highest BCUT2D eigenvalue weighted by molar-refractivity contribution is 8.14. The Morgan fingerprint density at radius 3 is 2.36 bits per heavy atom. The van der Waals surface area contributed by atoms with Crippen LogP contribution in [0.2, 0.25) is 15.1 Å². The minimum Gasteiger partial charge on any atom is -0.279 e. The largest absolute Gasteiger partial charge is 0.279 e. The fraction of sp³-hybridized carbons (Fsp3) is 0.111. The zero-order valence-electron chi connectivity index (χ0n) is 13.2. The maximum Gasteiger partial charge on any atom is 0.244 e. The van der Waals surface area contributed by atoms with Crippen LogP contribution in [0.15, 0.2) is 53.4 Å². The number of aromatic nitrogens is 2. The van der Waals surface area contributed by atoms with Gasteiger partial charge in [-0.1, -0.05) is 53.0 Å². The van der Waals surface area contributed by atoms with Crippen LogP contribution in [0.4, 0.5) is 0 Å². The lowest BCUT2D eigenvalue weighted by atomic mass is 10.2. The van der Waals surface area contributed by atoms with Crippen molar-refractivity contribution in [1.82, 2.24) is 9.78 Å².